The molecule has 4 heteroatoms. The molecule has 1 aliphatic carbocycles. The highest BCUT2D eigenvalue weighted by Crippen LogP contribution is 2.19. The Kier molecular flexibility index (Phi) is 4.36. The Morgan fingerprint density at radius 3 is 2.88 bits per heavy atom. The summed E-state index contributed by atoms with van der Waals surface area (Å²) in [4.78, 5) is 4.03. The molecule has 0 aromatic carbocycles. The summed E-state index contributed by atoms with van der Waals surface area (Å²) >= 11 is 0. The molecule has 17 heavy (non-hydrogen) atoms. The summed E-state index contributed by atoms with van der Waals surface area (Å²) in [6.07, 6.45) is 8.84. The molecule has 1 saturated carbocycles. The lowest BCUT2D eigenvalue weighted by Crippen LogP contribution is -2.26. The van der Waals surface area contributed by atoms with Gasteiger partial charge in [-0.1, -0.05) is 12.5 Å². The third-order valence-electron chi connectivity index (χ3n) is 3.06. The topological polar surface area (TPSA) is 48.2 Å². The minimum atomic E-state index is 0.149. The molecule has 1 aromatic heterocycles. The maximum absolute atomic E-state index is 11.7. The Morgan fingerprint density at radius 1 is 1.35 bits per heavy atom. The van der Waals surface area contributed by atoms with E-state index in [0.717, 1.165) is 17.6 Å². The van der Waals surface area contributed by atoms with Gasteiger partial charge in [0, 0.05) is 25.1 Å². The van der Waals surface area contributed by atoms with Crippen molar-refractivity contribution in [3.05, 3.63) is 29.6 Å². The van der Waals surface area contributed by atoms with Crippen molar-refractivity contribution in [2.24, 2.45) is 0 Å². The fraction of sp³-hybridized carbons (Fsp3) is 0.538. The average molecular weight is 234 g/mol. The average Bonchev–Trinajstić information content (AvgIpc) is 2.41. The molecule has 1 aromatic rings. The SMILES string of the molecule is [O-][N+](=CCOc1ccccn1)C1CCCCC1. The van der Waals surface area contributed by atoms with Crippen molar-refractivity contribution < 1.29 is 9.48 Å². The molecule has 0 radical (unpaired) electrons. The van der Waals surface area contributed by atoms with E-state index in [-0.39, 0.29) is 12.6 Å². The summed E-state index contributed by atoms with van der Waals surface area (Å²) in [5, 5.41) is 11.7. The minimum Gasteiger partial charge on any atom is -0.624 e. The molecule has 0 aliphatic heterocycles. The summed E-state index contributed by atoms with van der Waals surface area (Å²) in [6.45, 7) is 0.289. The van der Waals surface area contributed by atoms with Crippen LogP contribution in [0.15, 0.2) is 24.4 Å². The molecule has 1 heterocycles. The standard InChI is InChI=1S/C13H18N2O2/c16-15(12-6-2-1-3-7-12)10-11-17-13-8-4-5-9-14-13/h4-5,8-10,12H,1-3,6-7,11H2. The van der Waals surface area contributed by atoms with Gasteiger partial charge in [0.05, 0.1) is 0 Å². The first-order valence-corrected chi connectivity index (χ1v) is 6.19. The van der Waals surface area contributed by atoms with Crippen LogP contribution in [0.4, 0.5) is 0 Å². The van der Waals surface area contributed by atoms with Gasteiger partial charge in [-0.3, -0.25) is 0 Å². The number of pyridine rings is 1. The Bertz CT molecular complexity index is 359. The lowest BCUT2D eigenvalue weighted by Gasteiger charge is -2.20. The molecule has 0 spiro atoms. The first kappa shape index (κ1) is 11.9. The second-order valence-electron chi connectivity index (χ2n) is 4.31. The Morgan fingerprint density at radius 2 is 2.18 bits per heavy atom. The van der Waals surface area contributed by atoms with E-state index >= 15 is 0 Å². The van der Waals surface area contributed by atoms with Gasteiger partial charge in [-0.15, -0.1) is 0 Å². The smallest absolute Gasteiger partial charge is 0.213 e. The van der Waals surface area contributed by atoms with E-state index in [1.54, 1.807) is 18.5 Å². The number of aromatic nitrogens is 1. The Balaban J connectivity index is 1.79. The van der Waals surface area contributed by atoms with Crippen LogP contribution in [0.1, 0.15) is 32.1 Å². The number of ether oxygens (including phenoxy) is 1. The summed E-state index contributed by atoms with van der Waals surface area (Å²) in [6, 6.07) is 5.62. The van der Waals surface area contributed by atoms with Crippen LogP contribution in [0.5, 0.6) is 5.88 Å². The third-order valence-corrected chi connectivity index (χ3v) is 3.06. The number of hydrogen-bond donors (Lipinski definition) is 0. The highest BCUT2D eigenvalue weighted by molar-refractivity contribution is 5.53. The first-order chi connectivity index (χ1) is 8.36. The van der Waals surface area contributed by atoms with Gasteiger partial charge in [0.1, 0.15) is 0 Å². The molecule has 0 amide bonds. The molecule has 1 fully saturated rings. The number of hydroxylamine groups is 1. The zero-order chi connectivity index (χ0) is 11.9. The van der Waals surface area contributed by atoms with Gasteiger partial charge >= 0.3 is 0 Å². The normalized spacial score (nSPS) is 18.0. The van der Waals surface area contributed by atoms with E-state index in [4.69, 9.17) is 4.74 Å². The molecule has 2 rings (SSSR count). The fourth-order valence-corrected chi connectivity index (χ4v) is 2.11. The molecule has 0 N–H and O–H groups in total. The minimum absolute atomic E-state index is 0.149. The predicted molar refractivity (Wildman–Crippen MR) is 66.3 cm³/mol. The van der Waals surface area contributed by atoms with Gasteiger partial charge < -0.3 is 9.94 Å². The highest BCUT2D eigenvalue weighted by Gasteiger charge is 2.19. The van der Waals surface area contributed by atoms with E-state index in [1.807, 2.05) is 12.1 Å². The van der Waals surface area contributed by atoms with Crippen molar-refractivity contribution in [3.8, 4) is 5.88 Å². The van der Waals surface area contributed by atoms with Crippen LogP contribution in [-0.4, -0.2) is 28.6 Å². The van der Waals surface area contributed by atoms with Crippen molar-refractivity contribution in [2.75, 3.05) is 6.61 Å². The van der Waals surface area contributed by atoms with Gasteiger partial charge in [-0.25, -0.2) is 9.72 Å². The molecule has 4 nitrogen and oxygen atoms in total. The van der Waals surface area contributed by atoms with Crippen LogP contribution in [0, 0.1) is 5.21 Å². The molecule has 0 saturated heterocycles. The Hall–Kier alpha value is -1.58. The van der Waals surface area contributed by atoms with Gasteiger partial charge in [-0.2, -0.15) is 0 Å². The van der Waals surface area contributed by atoms with E-state index in [9.17, 15) is 5.21 Å². The molecule has 92 valence electrons. The predicted octanol–water partition coefficient (Wildman–Crippen LogP) is 2.37. The molecule has 0 atom stereocenters. The largest absolute Gasteiger partial charge is 0.624 e. The summed E-state index contributed by atoms with van der Waals surface area (Å²) in [7, 11) is 0. The van der Waals surface area contributed by atoms with E-state index in [0.29, 0.717) is 5.88 Å². The number of nitrogens with zero attached hydrogens (tertiary/aromatic N) is 2. The second-order valence-corrected chi connectivity index (χ2v) is 4.31. The van der Waals surface area contributed by atoms with Crippen molar-refractivity contribution in [1.82, 2.24) is 4.98 Å². The molecule has 0 unspecified atom stereocenters. The van der Waals surface area contributed by atoms with Crippen molar-refractivity contribution in [2.45, 2.75) is 38.1 Å². The summed E-state index contributed by atoms with van der Waals surface area (Å²) < 4.78 is 6.42. The highest BCUT2D eigenvalue weighted by atomic mass is 16.5. The second kappa shape index (κ2) is 6.23. The fourth-order valence-electron chi connectivity index (χ4n) is 2.11. The van der Waals surface area contributed by atoms with Crippen molar-refractivity contribution in [3.63, 3.8) is 0 Å². The summed E-state index contributed by atoms with van der Waals surface area (Å²) in [5.74, 6) is 0.556. The molecular formula is C13H18N2O2. The maximum Gasteiger partial charge on any atom is 0.213 e. The number of hydrogen-bond acceptors (Lipinski definition) is 3. The van der Waals surface area contributed by atoms with Crippen LogP contribution >= 0.6 is 0 Å². The quantitative estimate of drug-likeness (QED) is 0.348. The van der Waals surface area contributed by atoms with E-state index in [1.165, 1.54) is 19.3 Å². The van der Waals surface area contributed by atoms with Crippen molar-refractivity contribution >= 4 is 6.21 Å². The summed E-state index contributed by atoms with van der Waals surface area (Å²) in [5.41, 5.74) is 0. The van der Waals surface area contributed by atoms with Gasteiger partial charge in [0.2, 0.25) is 5.88 Å². The van der Waals surface area contributed by atoms with Gasteiger partial charge in [-0.05, 0) is 18.9 Å². The monoisotopic (exact) mass is 234 g/mol. The molecule has 1 aliphatic rings. The zero-order valence-electron chi connectivity index (χ0n) is 9.92. The van der Waals surface area contributed by atoms with Crippen molar-refractivity contribution in [1.29, 1.82) is 0 Å². The van der Waals surface area contributed by atoms with E-state index < -0.39 is 0 Å². The third kappa shape index (κ3) is 3.73. The zero-order valence-corrected chi connectivity index (χ0v) is 9.92. The van der Waals surface area contributed by atoms with Crippen LogP contribution in [0.3, 0.4) is 0 Å². The Labute approximate surface area is 102 Å². The lowest BCUT2D eigenvalue weighted by atomic mass is 9.96. The molecule has 0 bridgehead atoms. The van der Waals surface area contributed by atoms with Crippen LogP contribution < -0.4 is 4.74 Å². The lowest BCUT2D eigenvalue weighted by molar-refractivity contribution is -0.502. The van der Waals surface area contributed by atoms with Crippen LogP contribution in [-0.2, 0) is 0 Å². The number of rotatable bonds is 4. The van der Waals surface area contributed by atoms with E-state index in [2.05, 4.69) is 4.98 Å². The van der Waals surface area contributed by atoms with Crippen LogP contribution in [0.25, 0.3) is 0 Å². The molecular weight excluding hydrogens is 216 g/mol. The first-order valence-electron chi connectivity index (χ1n) is 6.19. The van der Waals surface area contributed by atoms with Crippen LogP contribution in [0.2, 0.25) is 0 Å². The maximum atomic E-state index is 11.7. The van der Waals surface area contributed by atoms with Gasteiger partial charge in [0.25, 0.3) is 0 Å². The van der Waals surface area contributed by atoms with Gasteiger partial charge in [0.15, 0.2) is 18.9 Å².